The van der Waals surface area contributed by atoms with Gasteiger partial charge in [-0.2, -0.15) is 0 Å². The molecule has 2 unspecified atom stereocenters. The van der Waals surface area contributed by atoms with Crippen molar-refractivity contribution in [3.8, 4) is 0 Å². The van der Waals surface area contributed by atoms with Gasteiger partial charge in [0.25, 0.3) is 0 Å². The molecule has 0 saturated heterocycles. The van der Waals surface area contributed by atoms with E-state index >= 15 is 0 Å². The van der Waals surface area contributed by atoms with Crippen molar-refractivity contribution >= 4 is 5.95 Å². The van der Waals surface area contributed by atoms with E-state index in [1.165, 1.54) is 6.42 Å². The molecule has 18 heavy (non-hydrogen) atoms. The van der Waals surface area contributed by atoms with Gasteiger partial charge in [0.15, 0.2) is 0 Å². The lowest BCUT2D eigenvalue weighted by molar-refractivity contribution is 0.0900. The summed E-state index contributed by atoms with van der Waals surface area (Å²) in [6.45, 7) is 0.763. The largest absolute Gasteiger partial charge is 0.392 e. The smallest absolute Gasteiger partial charge is 0.204 e. The van der Waals surface area contributed by atoms with Crippen LogP contribution >= 0.6 is 0 Å². The third-order valence-corrected chi connectivity index (χ3v) is 3.73. The lowest BCUT2D eigenvalue weighted by Gasteiger charge is -2.28. The summed E-state index contributed by atoms with van der Waals surface area (Å²) in [4.78, 5) is 6.38. The Bertz CT molecular complexity index is 388. The van der Waals surface area contributed by atoms with Crippen molar-refractivity contribution in [1.82, 2.24) is 14.9 Å². The van der Waals surface area contributed by atoms with Crippen LogP contribution in [0.25, 0.3) is 0 Å². The highest BCUT2D eigenvalue weighted by Gasteiger charge is 2.22. The van der Waals surface area contributed by atoms with Crippen LogP contribution in [-0.4, -0.2) is 40.9 Å². The van der Waals surface area contributed by atoms with Gasteiger partial charge in [-0.3, -0.25) is 0 Å². The van der Waals surface area contributed by atoms with Gasteiger partial charge in [-0.15, -0.1) is 0 Å². The van der Waals surface area contributed by atoms with Gasteiger partial charge in [0.05, 0.1) is 18.0 Å². The van der Waals surface area contributed by atoms with Gasteiger partial charge < -0.3 is 19.9 Å². The predicted octanol–water partition coefficient (Wildman–Crippen LogP) is 0.879. The van der Waals surface area contributed by atoms with E-state index in [0.29, 0.717) is 0 Å². The fraction of sp³-hybridized carbons (Fsp3) is 0.769. The molecular formula is C13H24N4O. The number of nitrogens with one attached hydrogen (secondary N) is 1. The summed E-state index contributed by atoms with van der Waals surface area (Å²) in [5.41, 5.74) is 1.15. The quantitative estimate of drug-likeness (QED) is 0.835. The van der Waals surface area contributed by atoms with Crippen molar-refractivity contribution in [2.45, 2.75) is 44.4 Å². The Morgan fingerprint density at radius 2 is 2.17 bits per heavy atom. The van der Waals surface area contributed by atoms with Crippen molar-refractivity contribution in [2.75, 3.05) is 19.0 Å². The average Bonchev–Trinajstić information content (AvgIpc) is 2.70. The SMILES string of the molecule is CN(C)c1ncc(CNC2CCCCC2O)n1C. The molecule has 0 radical (unpaired) electrons. The molecule has 2 N–H and O–H groups in total. The highest BCUT2D eigenvalue weighted by atomic mass is 16.3. The van der Waals surface area contributed by atoms with Gasteiger partial charge in [0, 0.05) is 33.7 Å². The van der Waals surface area contributed by atoms with Crippen LogP contribution in [0.15, 0.2) is 6.20 Å². The lowest BCUT2D eigenvalue weighted by Crippen LogP contribution is -2.41. The van der Waals surface area contributed by atoms with E-state index in [1.54, 1.807) is 0 Å². The van der Waals surface area contributed by atoms with Crippen molar-refractivity contribution in [1.29, 1.82) is 0 Å². The molecule has 1 aromatic heterocycles. The predicted molar refractivity (Wildman–Crippen MR) is 72.6 cm³/mol. The first-order valence-electron chi connectivity index (χ1n) is 6.69. The van der Waals surface area contributed by atoms with Crippen LogP contribution in [0.1, 0.15) is 31.4 Å². The molecule has 0 amide bonds. The van der Waals surface area contributed by atoms with Gasteiger partial charge in [0.2, 0.25) is 5.95 Å². The summed E-state index contributed by atoms with van der Waals surface area (Å²) >= 11 is 0. The Morgan fingerprint density at radius 1 is 1.44 bits per heavy atom. The van der Waals surface area contributed by atoms with Gasteiger partial charge in [-0.05, 0) is 12.8 Å². The number of rotatable bonds is 4. The van der Waals surface area contributed by atoms with E-state index in [2.05, 4.69) is 14.9 Å². The van der Waals surface area contributed by atoms with E-state index in [1.807, 2.05) is 32.2 Å². The Morgan fingerprint density at radius 3 is 2.78 bits per heavy atom. The lowest BCUT2D eigenvalue weighted by atomic mass is 9.92. The molecule has 2 rings (SSSR count). The zero-order chi connectivity index (χ0) is 13.1. The van der Waals surface area contributed by atoms with Crippen molar-refractivity contribution in [2.24, 2.45) is 7.05 Å². The van der Waals surface area contributed by atoms with E-state index < -0.39 is 0 Å². The summed E-state index contributed by atoms with van der Waals surface area (Å²) in [5, 5.41) is 13.4. The first-order chi connectivity index (χ1) is 8.59. The monoisotopic (exact) mass is 252 g/mol. The number of hydrogen-bond donors (Lipinski definition) is 2. The molecule has 0 aromatic carbocycles. The number of aliphatic hydroxyl groups excluding tert-OH is 1. The first kappa shape index (κ1) is 13.4. The molecule has 0 bridgehead atoms. The molecular weight excluding hydrogens is 228 g/mol. The number of aromatic nitrogens is 2. The zero-order valence-corrected chi connectivity index (χ0v) is 11.6. The molecule has 2 atom stereocenters. The average molecular weight is 252 g/mol. The third kappa shape index (κ3) is 2.84. The number of anilines is 1. The molecule has 1 aliphatic rings. The van der Waals surface area contributed by atoms with Crippen LogP contribution < -0.4 is 10.2 Å². The molecule has 1 fully saturated rings. The van der Waals surface area contributed by atoms with Crippen LogP contribution in [0, 0.1) is 0 Å². The molecule has 1 heterocycles. The second-order valence-electron chi connectivity index (χ2n) is 5.34. The topological polar surface area (TPSA) is 53.3 Å². The normalized spacial score (nSPS) is 24.2. The maximum atomic E-state index is 9.92. The highest BCUT2D eigenvalue weighted by Crippen LogP contribution is 2.19. The summed E-state index contributed by atoms with van der Waals surface area (Å²) in [5.74, 6) is 0.955. The van der Waals surface area contributed by atoms with Crippen LogP contribution in [0.3, 0.4) is 0 Å². The number of hydrogen-bond acceptors (Lipinski definition) is 4. The van der Waals surface area contributed by atoms with Gasteiger partial charge >= 0.3 is 0 Å². The standard InChI is InChI=1S/C13H24N4O/c1-16(2)13-15-9-10(17(13)3)8-14-11-6-4-5-7-12(11)18/h9,11-12,14,18H,4-8H2,1-3H3. The zero-order valence-electron chi connectivity index (χ0n) is 11.6. The molecule has 1 aliphatic carbocycles. The number of imidazole rings is 1. The Balaban J connectivity index is 1.93. The van der Waals surface area contributed by atoms with Crippen molar-refractivity contribution < 1.29 is 5.11 Å². The molecule has 5 nitrogen and oxygen atoms in total. The molecule has 1 aromatic rings. The third-order valence-electron chi connectivity index (χ3n) is 3.73. The minimum absolute atomic E-state index is 0.194. The second kappa shape index (κ2) is 5.71. The van der Waals surface area contributed by atoms with Gasteiger partial charge in [-0.1, -0.05) is 12.8 Å². The summed E-state index contributed by atoms with van der Waals surface area (Å²) < 4.78 is 2.09. The molecule has 5 heteroatoms. The summed E-state index contributed by atoms with van der Waals surface area (Å²) in [6, 6.07) is 0.233. The maximum absolute atomic E-state index is 9.92. The van der Waals surface area contributed by atoms with Crippen LogP contribution in [-0.2, 0) is 13.6 Å². The summed E-state index contributed by atoms with van der Waals surface area (Å²) in [6.07, 6.45) is 6.06. The highest BCUT2D eigenvalue weighted by molar-refractivity contribution is 5.30. The van der Waals surface area contributed by atoms with E-state index in [4.69, 9.17) is 0 Å². The van der Waals surface area contributed by atoms with Crippen molar-refractivity contribution in [3.63, 3.8) is 0 Å². The van der Waals surface area contributed by atoms with Crippen LogP contribution in [0.2, 0.25) is 0 Å². The Hall–Kier alpha value is -1.07. The van der Waals surface area contributed by atoms with Gasteiger partial charge in [0.1, 0.15) is 0 Å². The van der Waals surface area contributed by atoms with E-state index in [0.717, 1.165) is 37.4 Å². The molecule has 1 saturated carbocycles. The molecule has 0 aliphatic heterocycles. The van der Waals surface area contributed by atoms with E-state index in [9.17, 15) is 5.11 Å². The maximum Gasteiger partial charge on any atom is 0.204 e. The van der Waals surface area contributed by atoms with Crippen molar-refractivity contribution in [3.05, 3.63) is 11.9 Å². The van der Waals surface area contributed by atoms with Crippen LogP contribution in [0.5, 0.6) is 0 Å². The minimum atomic E-state index is -0.194. The fourth-order valence-corrected chi connectivity index (χ4v) is 2.60. The first-order valence-corrected chi connectivity index (χ1v) is 6.69. The molecule has 0 spiro atoms. The van der Waals surface area contributed by atoms with Gasteiger partial charge in [-0.25, -0.2) is 4.98 Å². The van der Waals surface area contributed by atoms with Crippen LogP contribution in [0.4, 0.5) is 5.95 Å². The Kier molecular flexibility index (Phi) is 4.24. The minimum Gasteiger partial charge on any atom is -0.392 e. The molecule has 102 valence electrons. The Labute approximate surface area is 109 Å². The summed E-state index contributed by atoms with van der Waals surface area (Å²) in [7, 11) is 6.01. The fourth-order valence-electron chi connectivity index (χ4n) is 2.60. The number of nitrogens with zero attached hydrogens (tertiary/aromatic N) is 3. The van der Waals surface area contributed by atoms with E-state index in [-0.39, 0.29) is 12.1 Å². The second-order valence-corrected chi connectivity index (χ2v) is 5.34. The number of aliphatic hydroxyl groups is 1.